The minimum Gasteiger partial charge on any atom is -0.489 e. The number of hydrogen-bond acceptors (Lipinski definition) is 3. The molecule has 0 bridgehead atoms. The van der Waals surface area contributed by atoms with Crippen LogP contribution >= 0.6 is 0 Å². The predicted octanol–water partition coefficient (Wildman–Crippen LogP) is 7.11. The van der Waals surface area contributed by atoms with Crippen molar-refractivity contribution in [3.05, 3.63) is 101 Å². The number of benzene rings is 3. The van der Waals surface area contributed by atoms with Crippen molar-refractivity contribution in [2.45, 2.75) is 65.6 Å². The van der Waals surface area contributed by atoms with E-state index in [-0.39, 0.29) is 11.7 Å². The first kappa shape index (κ1) is 24.7. The van der Waals surface area contributed by atoms with Crippen molar-refractivity contribution in [1.29, 1.82) is 0 Å². The molecule has 1 unspecified atom stereocenters. The molecular formula is C30H37NO2. The van der Waals surface area contributed by atoms with Crippen LogP contribution in [0.1, 0.15) is 74.0 Å². The smallest absolute Gasteiger partial charge is 0.159 e. The number of Topliss-reactive ketones (excluding diaryl/α,β-unsaturated/α-hetero) is 1. The highest BCUT2D eigenvalue weighted by Crippen LogP contribution is 2.35. The van der Waals surface area contributed by atoms with Crippen molar-refractivity contribution < 1.29 is 9.53 Å². The molecule has 0 saturated carbocycles. The average Bonchev–Trinajstić information content (AvgIpc) is 2.81. The second kappa shape index (κ2) is 11.8. The van der Waals surface area contributed by atoms with E-state index in [1.165, 1.54) is 11.1 Å². The second-order valence-corrected chi connectivity index (χ2v) is 9.26. The Morgan fingerprint density at radius 2 is 1.52 bits per heavy atom. The lowest BCUT2D eigenvalue weighted by Gasteiger charge is -2.32. The molecular weight excluding hydrogens is 406 g/mol. The SMILES string of the molecule is CC(=O)c1cccc(COc2ccccc2C(CCN(C(C)C)C(C)C)c2ccccc2)c1. The van der Waals surface area contributed by atoms with Crippen LogP contribution < -0.4 is 4.74 Å². The molecule has 0 amide bonds. The third kappa shape index (κ3) is 6.79. The summed E-state index contributed by atoms with van der Waals surface area (Å²) in [6.07, 6.45) is 1.01. The molecule has 0 aliphatic rings. The van der Waals surface area contributed by atoms with E-state index in [1.807, 2.05) is 30.3 Å². The van der Waals surface area contributed by atoms with Gasteiger partial charge in [0.1, 0.15) is 12.4 Å². The van der Waals surface area contributed by atoms with Gasteiger partial charge in [-0.05, 0) is 70.8 Å². The van der Waals surface area contributed by atoms with Gasteiger partial charge in [0.15, 0.2) is 5.78 Å². The number of carbonyl (C=O) groups is 1. The van der Waals surface area contributed by atoms with Crippen LogP contribution in [-0.2, 0) is 6.61 Å². The van der Waals surface area contributed by atoms with Crippen molar-refractivity contribution in [1.82, 2.24) is 4.90 Å². The second-order valence-electron chi connectivity index (χ2n) is 9.26. The van der Waals surface area contributed by atoms with Crippen LogP contribution in [0.5, 0.6) is 5.75 Å². The van der Waals surface area contributed by atoms with Crippen molar-refractivity contribution >= 4 is 5.78 Å². The Morgan fingerprint density at radius 3 is 2.18 bits per heavy atom. The lowest BCUT2D eigenvalue weighted by atomic mass is 9.87. The van der Waals surface area contributed by atoms with Gasteiger partial charge < -0.3 is 4.74 Å². The summed E-state index contributed by atoms with van der Waals surface area (Å²) in [6.45, 7) is 12.1. The van der Waals surface area contributed by atoms with Gasteiger partial charge in [0, 0.05) is 29.1 Å². The van der Waals surface area contributed by atoms with Gasteiger partial charge >= 0.3 is 0 Å². The molecule has 33 heavy (non-hydrogen) atoms. The Morgan fingerprint density at radius 1 is 0.848 bits per heavy atom. The minimum atomic E-state index is 0.0706. The Bertz CT molecular complexity index is 1020. The van der Waals surface area contributed by atoms with Crippen LogP contribution in [0.15, 0.2) is 78.9 Å². The third-order valence-electron chi connectivity index (χ3n) is 6.23. The summed E-state index contributed by atoms with van der Waals surface area (Å²) >= 11 is 0. The molecule has 1 atom stereocenters. The summed E-state index contributed by atoms with van der Waals surface area (Å²) in [7, 11) is 0. The maximum absolute atomic E-state index is 11.7. The van der Waals surface area contributed by atoms with Gasteiger partial charge in [-0.25, -0.2) is 0 Å². The van der Waals surface area contributed by atoms with Gasteiger partial charge in [0.25, 0.3) is 0 Å². The molecule has 0 spiro atoms. The van der Waals surface area contributed by atoms with Gasteiger partial charge in [-0.2, -0.15) is 0 Å². The number of ether oxygens (including phenoxy) is 1. The van der Waals surface area contributed by atoms with Gasteiger partial charge in [-0.1, -0.05) is 66.7 Å². The molecule has 0 N–H and O–H groups in total. The number of rotatable bonds is 11. The zero-order valence-corrected chi connectivity index (χ0v) is 20.6. The van der Waals surface area contributed by atoms with Crippen molar-refractivity contribution in [3.63, 3.8) is 0 Å². The van der Waals surface area contributed by atoms with Crippen LogP contribution in [0, 0.1) is 0 Å². The standard InChI is InChI=1S/C30H37NO2/c1-22(2)31(23(3)4)19-18-28(26-13-7-6-8-14-26)29-16-9-10-17-30(29)33-21-25-12-11-15-27(20-25)24(5)32/h6-17,20,22-23,28H,18-19,21H2,1-5H3. The van der Waals surface area contributed by atoms with Crippen molar-refractivity contribution in [2.75, 3.05) is 6.54 Å². The van der Waals surface area contributed by atoms with Crippen LogP contribution in [0.4, 0.5) is 0 Å². The van der Waals surface area contributed by atoms with E-state index in [0.29, 0.717) is 24.3 Å². The van der Waals surface area contributed by atoms with Gasteiger partial charge in [0.2, 0.25) is 0 Å². The number of hydrogen-bond donors (Lipinski definition) is 0. The molecule has 3 aromatic rings. The van der Waals surface area contributed by atoms with Gasteiger partial charge in [-0.15, -0.1) is 0 Å². The van der Waals surface area contributed by atoms with E-state index in [2.05, 4.69) is 81.1 Å². The maximum atomic E-state index is 11.7. The minimum absolute atomic E-state index is 0.0706. The topological polar surface area (TPSA) is 29.5 Å². The van der Waals surface area contributed by atoms with Crippen LogP contribution in [0.3, 0.4) is 0 Å². The highest BCUT2D eigenvalue weighted by Gasteiger charge is 2.21. The van der Waals surface area contributed by atoms with E-state index >= 15 is 0 Å². The zero-order valence-electron chi connectivity index (χ0n) is 20.6. The van der Waals surface area contributed by atoms with E-state index < -0.39 is 0 Å². The highest BCUT2D eigenvalue weighted by atomic mass is 16.5. The van der Waals surface area contributed by atoms with Crippen molar-refractivity contribution in [3.8, 4) is 5.75 Å². The quantitative estimate of drug-likeness (QED) is 0.296. The monoisotopic (exact) mass is 443 g/mol. The Hall–Kier alpha value is -2.91. The van der Waals surface area contributed by atoms with Crippen LogP contribution in [-0.4, -0.2) is 29.3 Å². The molecule has 0 aliphatic carbocycles. The molecule has 3 heteroatoms. The van der Waals surface area contributed by atoms with Crippen molar-refractivity contribution in [2.24, 2.45) is 0 Å². The van der Waals surface area contributed by atoms with E-state index in [0.717, 1.165) is 24.3 Å². The Kier molecular flexibility index (Phi) is 8.85. The molecule has 0 aromatic heterocycles. The Balaban J connectivity index is 1.87. The molecule has 0 fully saturated rings. The first-order valence-electron chi connectivity index (χ1n) is 12.0. The fraction of sp³-hybridized carbons (Fsp3) is 0.367. The third-order valence-corrected chi connectivity index (χ3v) is 6.23. The predicted molar refractivity (Wildman–Crippen MR) is 137 cm³/mol. The first-order valence-corrected chi connectivity index (χ1v) is 12.0. The summed E-state index contributed by atoms with van der Waals surface area (Å²) in [5, 5.41) is 0. The number of ketones is 1. The van der Waals surface area contributed by atoms with Gasteiger partial charge in [0.05, 0.1) is 0 Å². The molecule has 0 radical (unpaired) electrons. The summed E-state index contributed by atoms with van der Waals surface area (Å²) in [4.78, 5) is 14.3. The lowest BCUT2D eigenvalue weighted by molar-refractivity contribution is 0.101. The molecule has 174 valence electrons. The lowest BCUT2D eigenvalue weighted by Crippen LogP contribution is -2.38. The average molecular weight is 444 g/mol. The zero-order chi connectivity index (χ0) is 23.8. The highest BCUT2D eigenvalue weighted by molar-refractivity contribution is 5.94. The first-order chi connectivity index (χ1) is 15.9. The molecule has 3 aromatic carbocycles. The summed E-state index contributed by atoms with van der Waals surface area (Å²) < 4.78 is 6.34. The molecule has 0 saturated heterocycles. The largest absolute Gasteiger partial charge is 0.489 e. The van der Waals surface area contributed by atoms with Gasteiger partial charge in [-0.3, -0.25) is 9.69 Å². The summed E-state index contributed by atoms with van der Waals surface area (Å²) in [6, 6.07) is 27.8. The summed E-state index contributed by atoms with van der Waals surface area (Å²) in [5.41, 5.74) is 4.23. The maximum Gasteiger partial charge on any atom is 0.159 e. The number of carbonyl (C=O) groups excluding carboxylic acids is 1. The number of para-hydroxylation sites is 1. The Labute approximate surface area is 199 Å². The summed E-state index contributed by atoms with van der Waals surface area (Å²) in [5.74, 6) is 1.22. The van der Waals surface area contributed by atoms with Crippen LogP contribution in [0.25, 0.3) is 0 Å². The molecule has 0 aliphatic heterocycles. The van der Waals surface area contributed by atoms with Crippen LogP contribution in [0.2, 0.25) is 0 Å². The molecule has 0 heterocycles. The normalized spacial score (nSPS) is 12.4. The van der Waals surface area contributed by atoms with E-state index in [9.17, 15) is 4.79 Å². The van der Waals surface area contributed by atoms with E-state index in [1.54, 1.807) is 6.92 Å². The van der Waals surface area contributed by atoms with E-state index in [4.69, 9.17) is 4.74 Å². The molecule has 3 rings (SSSR count). The molecule has 3 nitrogen and oxygen atoms in total. The fourth-order valence-corrected chi connectivity index (χ4v) is 4.52. The fourth-order valence-electron chi connectivity index (χ4n) is 4.52. The number of nitrogens with zero attached hydrogens (tertiary/aromatic N) is 1.